The van der Waals surface area contributed by atoms with Gasteiger partial charge >= 0.3 is 6.03 Å². The Kier molecular flexibility index (Phi) is 4.06. The molecule has 18 heavy (non-hydrogen) atoms. The summed E-state index contributed by atoms with van der Waals surface area (Å²) >= 11 is 5.96. The van der Waals surface area contributed by atoms with E-state index >= 15 is 0 Å². The number of rotatable bonds is 2. The lowest BCUT2D eigenvalue weighted by Crippen LogP contribution is -2.36. The van der Waals surface area contributed by atoms with Crippen molar-refractivity contribution in [2.45, 2.75) is 31.7 Å². The standard InChI is InChI=1S/C13H14ClN3O/c14-11-6-5-9(8-15)7-12(11)17-13(18)16-10-3-1-2-4-10/h5-7,10H,1-4H2,(H2,16,17,18). The highest BCUT2D eigenvalue weighted by Gasteiger charge is 2.17. The van der Waals surface area contributed by atoms with Crippen molar-refractivity contribution in [1.82, 2.24) is 5.32 Å². The smallest absolute Gasteiger partial charge is 0.319 e. The molecule has 2 N–H and O–H groups in total. The van der Waals surface area contributed by atoms with Gasteiger partial charge < -0.3 is 10.6 Å². The normalized spacial score (nSPS) is 15.1. The predicted octanol–water partition coefficient (Wildman–Crippen LogP) is 3.28. The zero-order valence-electron chi connectivity index (χ0n) is 9.87. The molecule has 0 aromatic heterocycles. The van der Waals surface area contributed by atoms with Gasteiger partial charge in [-0.2, -0.15) is 5.26 Å². The zero-order chi connectivity index (χ0) is 13.0. The largest absolute Gasteiger partial charge is 0.335 e. The molecule has 0 spiro atoms. The first-order chi connectivity index (χ1) is 8.69. The third-order valence-electron chi connectivity index (χ3n) is 3.03. The SMILES string of the molecule is N#Cc1ccc(Cl)c(NC(=O)NC2CCCC2)c1. The van der Waals surface area contributed by atoms with Gasteiger partial charge in [0.15, 0.2) is 0 Å². The number of nitrogens with zero attached hydrogens (tertiary/aromatic N) is 1. The molecule has 1 aromatic carbocycles. The quantitative estimate of drug-likeness (QED) is 0.860. The molecule has 1 aliphatic rings. The van der Waals surface area contributed by atoms with Gasteiger partial charge in [0.2, 0.25) is 0 Å². The van der Waals surface area contributed by atoms with Gasteiger partial charge in [0, 0.05) is 6.04 Å². The molecule has 0 radical (unpaired) electrons. The number of carbonyl (C=O) groups excluding carboxylic acids is 1. The molecule has 1 aliphatic carbocycles. The number of amides is 2. The van der Waals surface area contributed by atoms with E-state index in [-0.39, 0.29) is 12.1 Å². The number of halogens is 1. The summed E-state index contributed by atoms with van der Waals surface area (Å²) in [6.07, 6.45) is 4.38. The summed E-state index contributed by atoms with van der Waals surface area (Å²) in [5.74, 6) is 0. The van der Waals surface area contributed by atoms with Gasteiger partial charge in [0.1, 0.15) is 0 Å². The van der Waals surface area contributed by atoms with Crippen molar-refractivity contribution >= 4 is 23.3 Å². The summed E-state index contributed by atoms with van der Waals surface area (Å²) in [4.78, 5) is 11.8. The number of hydrogen-bond donors (Lipinski definition) is 2. The summed E-state index contributed by atoms with van der Waals surface area (Å²) in [5.41, 5.74) is 0.932. The van der Waals surface area contributed by atoms with Crippen molar-refractivity contribution < 1.29 is 4.79 Å². The lowest BCUT2D eigenvalue weighted by Gasteiger charge is -2.13. The Hall–Kier alpha value is -1.73. The summed E-state index contributed by atoms with van der Waals surface area (Å²) in [5, 5.41) is 14.8. The van der Waals surface area contributed by atoms with Crippen LogP contribution in [0.5, 0.6) is 0 Å². The molecule has 1 saturated carbocycles. The molecule has 1 fully saturated rings. The van der Waals surface area contributed by atoms with Gasteiger partial charge in [0.05, 0.1) is 22.3 Å². The Bertz CT molecular complexity index is 489. The molecule has 2 rings (SSSR count). The van der Waals surface area contributed by atoms with E-state index in [9.17, 15) is 4.79 Å². The minimum Gasteiger partial charge on any atom is -0.335 e. The van der Waals surface area contributed by atoms with Crippen LogP contribution in [-0.4, -0.2) is 12.1 Å². The molecule has 94 valence electrons. The van der Waals surface area contributed by atoms with Crippen LogP contribution in [0.25, 0.3) is 0 Å². The minimum atomic E-state index is -0.265. The number of anilines is 1. The van der Waals surface area contributed by atoms with Crippen LogP contribution in [0.2, 0.25) is 5.02 Å². The van der Waals surface area contributed by atoms with E-state index in [1.165, 1.54) is 0 Å². The van der Waals surface area contributed by atoms with Crippen LogP contribution in [0, 0.1) is 11.3 Å². The van der Waals surface area contributed by atoms with Gasteiger partial charge in [-0.15, -0.1) is 0 Å². The highest BCUT2D eigenvalue weighted by molar-refractivity contribution is 6.33. The molecule has 0 bridgehead atoms. The van der Waals surface area contributed by atoms with Gasteiger partial charge in [0.25, 0.3) is 0 Å². The van der Waals surface area contributed by atoms with Gasteiger partial charge in [-0.3, -0.25) is 0 Å². The molecule has 0 saturated heterocycles. The molecule has 4 nitrogen and oxygen atoms in total. The summed E-state index contributed by atoms with van der Waals surface area (Å²) < 4.78 is 0. The third kappa shape index (κ3) is 3.14. The molecule has 0 aliphatic heterocycles. The second-order valence-electron chi connectivity index (χ2n) is 4.39. The van der Waals surface area contributed by atoms with Crippen molar-refractivity contribution in [1.29, 1.82) is 5.26 Å². The first kappa shape index (κ1) is 12.7. The average Bonchev–Trinajstić information content (AvgIpc) is 2.84. The molecule has 0 unspecified atom stereocenters. The highest BCUT2D eigenvalue weighted by atomic mass is 35.5. The molecular weight excluding hydrogens is 250 g/mol. The number of nitrogens with one attached hydrogen (secondary N) is 2. The fourth-order valence-corrected chi connectivity index (χ4v) is 2.27. The van der Waals surface area contributed by atoms with E-state index in [0.717, 1.165) is 25.7 Å². The van der Waals surface area contributed by atoms with Crippen LogP contribution in [0.3, 0.4) is 0 Å². The van der Waals surface area contributed by atoms with Crippen LogP contribution in [0.4, 0.5) is 10.5 Å². The Labute approximate surface area is 111 Å². The summed E-state index contributed by atoms with van der Waals surface area (Å²) in [6.45, 7) is 0. The van der Waals surface area contributed by atoms with Gasteiger partial charge in [-0.05, 0) is 31.0 Å². The first-order valence-corrected chi connectivity index (χ1v) is 6.34. The molecule has 2 amide bonds. The second-order valence-corrected chi connectivity index (χ2v) is 4.79. The lowest BCUT2D eigenvalue weighted by molar-refractivity contribution is 0.248. The maximum absolute atomic E-state index is 11.8. The van der Waals surface area contributed by atoms with E-state index in [2.05, 4.69) is 10.6 Å². The number of hydrogen-bond acceptors (Lipinski definition) is 2. The lowest BCUT2D eigenvalue weighted by atomic mass is 10.2. The van der Waals surface area contributed by atoms with Crippen LogP contribution < -0.4 is 10.6 Å². The predicted molar refractivity (Wildman–Crippen MR) is 70.6 cm³/mol. The monoisotopic (exact) mass is 263 g/mol. The van der Waals surface area contributed by atoms with E-state index in [1.54, 1.807) is 18.2 Å². The first-order valence-electron chi connectivity index (χ1n) is 5.96. The Balaban J connectivity index is 1.99. The fraction of sp³-hybridized carbons (Fsp3) is 0.385. The number of nitriles is 1. The van der Waals surface area contributed by atoms with Crippen LogP contribution in [-0.2, 0) is 0 Å². The van der Waals surface area contributed by atoms with E-state index < -0.39 is 0 Å². The van der Waals surface area contributed by atoms with Crippen LogP contribution >= 0.6 is 11.6 Å². The van der Waals surface area contributed by atoms with E-state index in [1.807, 2.05) is 6.07 Å². The van der Waals surface area contributed by atoms with E-state index in [4.69, 9.17) is 16.9 Å². The number of benzene rings is 1. The van der Waals surface area contributed by atoms with Crippen LogP contribution in [0.1, 0.15) is 31.2 Å². The summed E-state index contributed by atoms with van der Waals surface area (Å²) in [6, 6.07) is 6.78. The number of urea groups is 1. The van der Waals surface area contributed by atoms with Crippen molar-refractivity contribution in [2.24, 2.45) is 0 Å². The second kappa shape index (κ2) is 5.74. The third-order valence-corrected chi connectivity index (χ3v) is 3.36. The van der Waals surface area contributed by atoms with Crippen molar-refractivity contribution in [3.63, 3.8) is 0 Å². The molecule has 1 aromatic rings. The molecule has 0 heterocycles. The minimum absolute atomic E-state index is 0.253. The van der Waals surface area contributed by atoms with Crippen molar-refractivity contribution in [3.8, 4) is 6.07 Å². The van der Waals surface area contributed by atoms with Gasteiger partial charge in [-0.1, -0.05) is 24.4 Å². The zero-order valence-corrected chi connectivity index (χ0v) is 10.6. The van der Waals surface area contributed by atoms with E-state index in [0.29, 0.717) is 16.3 Å². The maximum atomic E-state index is 11.8. The highest BCUT2D eigenvalue weighted by Crippen LogP contribution is 2.23. The molecule has 5 heteroatoms. The Morgan fingerprint density at radius 1 is 1.39 bits per heavy atom. The topological polar surface area (TPSA) is 64.9 Å². The van der Waals surface area contributed by atoms with Crippen LogP contribution in [0.15, 0.2) is 18.2 Å². The van der Waals surface area contributed by atoms with Crippen molar-refractivity contribution in [3.05, 3.63) is 28.8 Å². The fourth-order valence-electron chi connectivity index (χ4n) is 2.10. The Morgan fingerprint density at radius 2 is 2.11 bits per heavy atom. The average molecular weight is 264 g/mol. The molecular formula is C13H14ClN3O. The summed E-state index contributed by atoms with van der Waals surface area (Å²) in [7, 11) is 0. The van der Waals surface area contributed by atoms with Crippen molar-refractivity contribution in [2.75, 3.05) is 5.32 Å². The maximum Gasteiger partial charge on any atom is 0.319 e. The number of carbonyl (C=O) groups is 1. The Morgan fingerprint density at radius 3 is 2.78 bits per heavy atom. The van der Waals surface area contributed by atoms with Gasteiger partial charge in [-0.25, -0.2) is 4.79 Å². The molecule has 0 atom stereocenters.